The zero-order valence-electron chi connectivity index (χ0n) is 19.8. The molecule has 2 aliphatic rings. The lowest BCUT2D eigenvalue weighted by molar-refractivity contribution is -0.142. The van der Waals surface area contributed by atoms with Crippen LogP contribution >= 0.6 is 0 Å². The van der Waals surface area contributed by atoms with Crippen molar-refractivity contribution in [2.24, 2.45) is 18.1 Å². The lowest BCUT2D eigenvalue weighted by Gasteiger charge is -2.27. The summed E-state index contributed by atoms with van der Waals surface area (Å²) in [6.07, 6.45) is 6.45. The van der Waals surface area contributed by atoms with Crippen molar-refractivity contribution in [2.45, 2.75) is 38.1 Å². The molecular weight excluding hydrogens is 420 g/mol. The summed E-state index contributed by atoms with van der Waals surface area (Å²) < 4.78 is 13.0. The fraction of sp³-hybridized carbons (Fsp3) is 0.480. The van der Waals surface area contributed by atoms with Gasteiger partial charge >= 0.3 is 0 Å². The molecule has 1 fully saturated rings. The van der Waals surface area contributed by atoms with E-state index in [2.05, 4.69) is 0 Å². The molecule has 33 heavy (non-hydrogen) atoms. The number of aromatic nitrogens is 1. The molecule has 1 aromatic carbocycles. The minimum absolute atomic E-state index is 0.0119. The summed E-state index contributed by atoms with van der Waals surface area (Å²) in [7, 11) is 6.88. The van der Waals surface area contributed by atoms with Crippen LogP contribution in [0.25, 0.3) is 0 Å². The number of carbonyl (C=O) groups is 2. The molecule has 8 heteroatoms. The van der Waals surface area contributed by atoms with Gasteiger partial charge in [-0.2, -0.15) is 5.10 Å². The fourth-order valence-electron chi connectivity index (χ4n) is 4.84. The average molecular weight is 453 g/mol. The largest absolute Gasteiger partial charge is 0.497 e. The van der Waals surface area contributed by atoms with E-state index in [9.17, 15) is 9.59 Å². The van der Waals surface area contributed by atoms with Crippen molar-refractivity contribution >= 4 is 17.5 Å². The summed E-state index contributed by atoms with van der Waals surface area (Å²) in [5.41, 5.74) is 2.59. The molecule has 2 aromatic rings. The minimum Gasteiger partial charge on any atom is -0.497 e. The number of amides is 2. The third-order valence-electron chi connectivity index (χ3n) is 6.65. The Hall–Kier alpha value is -3.29. The van der Waals surface area contributed by atoms with E-state index >= 15 is 0 Å². The van der Waals surface area contributed by atoms with Crippen LogP contribution in [0.15, 0.2) is 41.6 Å². The topological polar surface area (TPSA) is 76.4 Å². The van der Waals surface area contributed by atoms with E-state index in [0.717, 1.165) is 42.7 Å². The maximum absolute atomic E-state index is 13.5. The van der Waals surface area contributed by atoms with Crippen LogP contribution in [0.1, 0.15) is 49.4 Å². The van der Waals surface area contributed by atoms with Crippen LogP contribution in [0.5, 0.6) is 11.5 Å². The van der Waals surface area contributed by atoms with Gasteiger partial charge in [0.2, 0.25) is 5.91 Å². The van der Waals surface area contributed by atoms with Crippen LogP contribution < -0.4 is 9.47 Å². The predicted molar refractivity (Wildman–Crippen MR) is 125 cm³/mol. The molecule has 4 rings (SSSR count). The van der Waals surface area contributed by atoms with Crippen LogP contribution in [0, 0.1) is 5.92 Å². The van der Waals surface area contributed by atoms with E-state index in [0.29, 0.717) is 17.9 Å². The van der Waals surface area contributed by atoms with Crippen molar-refractivity contribution in [1.29, 1.82) is 0 Å². The first kappa shape index (κ1) is 22.9. The van der Waals surface area contributed by atoms with Crippen molar-refractivity contribution < 1.29 is 19.1 Å². The number of hydrogen-bond acceptors (Lipinski definition) is 5. The third-order valence-corrected chi connectivity index (χ3v) is 6.65. The molecule has 1 aliphatic heterocycles. The Morgan fingerprint density at radius 2 is 1.91 bits per heavy atom. The molecule has 1 aromatic heterocycles. The highest BCUT2D eigenvalue weighted by Gasteiger charge is 2.37. The number of hydrogen-bond donors (Lipinski definition) is 0. The quantitative estimate of drug-likeness (QED) is 0.646. The van der Waals surface area contributed by atoms with Gasteiger partial charge in [-0.25, -0.2) is 5.01 Å². The second-order valence-electron chi connectivity index (χ2n) is 8.79. The van der Waals surface area contributed by atoms with E-state index in [-0.39, 0.29) is 30.3 Å². The number of ether oxygens (including phenoxy) is 2. The summed E-state index contributed by atoms with van der Waals surface area (Å²) >= 11 is 0. The van der Waals surface area contributed by atoms with Gasteiger partial charge in [0.15, 0.2) is 0 Å². The Labute approximate surface area is 194 Å². The highest BCUT2D eigenvalue weighted by Crippen LogP contribution is 2.39. The van der Waals surface area contributed by atoms with Crippen LogP contribution in [-0.4, -0.2) is 59.8 Å². The zero-order valence-corrected chi connectivity index (χ0v) is 19.8. The van der Waals surface area contributed by atoms with Crippen molar-refractivity contribution in [3.63, 3.8) is 0 Å². The predicted octanol–water partition coefficient (Wildman–Crippen LogP) is 3.37. The molecule has 0 bridgehead atoms. The van der Waals surface area contributed by atoms with Gasteiger partial charge in [0.25, 0.3) is 5.91 Å². The third kappa shape index (κ3) is 4.60. The van der Waals surface area contributed by atoms with E-state index in [1.54, 1.807) is 26.2 Å². The van der Waals surface area contributed by atoms with Gasteiger partial charge < -0.3 is 18.9 Å². The first-order chi connectivity index (χ1) is 15.9. The number of nitrogens with zero attached hydrogens (tertiary/aromatic N) is 4. The van der Waals surface area contributed by atoms with Crippen molar-refractivity contribution in [3.05, 3.63) is 47.8 Å². The first-order valence-corrected chi connectivity index (χ1v) is 11.4. The number of benzene rings is 1. The summed E-state index contributed by atoms with van der Waals surface area (Å²) in [6.45, 7) is -0.0119. The highest BCUT2D eigenvalue weighted by molar-refractivity contribution is 6.02. The van der Waals surface area contributed by atoms with E-state index in [4.69, 9.17) is 14.6 Å². The minimum atomic E-state index is -0.359. The monoisotopic (exact) mass is 452 g/mol. The molecule has 1 atom stereocenters. The molecule has 1 aliphatic carbocycles. The van der Waals surface area contributed by atoms with Crippen LogP contribution in [0.3, 0.4) is 0 Å². The summed E-state index contributed by atoms with van der Waals surface area (Å²) in [4.78, 5) is 27.8. The SMILES string of the molecule is COc1ccc(OC)c([C@@H]2CC(c3cccn3C)=NN2C(=O)CN(C)C(=O)C2CCCC2)c1. The number of aryl methyl sites for hydroxylation is 1. The van der Waals surface area contributed by atoms with Crippen LogP contribution in [-0.2, 0) is 16.6 Å². The van der Waals surface area contributed by atoms with Gasteiger partial charge in [-0.1, -0.05) is 12.8 Å². The highest BCUT2D eigenvalue weighted by atomic mass is 16.5. The van der Waals surface area contributed by atoms with E-state index in [1.807, 2.05) is 48.1 Å². The fourth-order valence-corrected chi connectivity index (χ4v) is 4.84. The maximum atomic E-state index is 13.5. The Bertz CT molecular complexity index is 1050. The van der Waals surface area contributed by atoms with Gasteiger partial charge in [0.05, 0.1) is 31.7 Å². The van der Waals surface area contributed by atoms with Crippen molar-refractivity contribution in [2.75, 3.05) is 27.8 Å². The van der Waals surface area contributed by atoms with E-state index in [1.165, 1.54) is 5.01 Å². The maximum Gasteiger partial charge on any atom is 0.262 e. The molecule has 1 saturated carbocycles. The molecule has 0 spiro atoms. The molecular formula is C25H32N4O4. The van der Waals surface area contributed by atoms with Crippen molar-refractivity contribution in [1.82, 2.24) is 14.5 Å². The average Bonchev–Trinajstić information content (AvgIpc) is 3.58. The first-order valence-electron chi connectivity index (χ1n) is 11.4. The molecule has 2 amide bonds. The Morgan fingerprint density at radius 1 is 1.15 bits per heavy atom. The molecule has 0 N–H and O–H groups in total. The Balaban J connectivity index is 1.64. The lowest BCUT2D eigenvalue weighted by atomic mass is 9.99. The lowest BCUT2D eigenvalue weighted by Crippen LogP contribution is -2.41. The van der Waals surface area contributed by atoms with Gasteiger partial charge in [-0.05, 0) is 43.2 Å². The standard InChI is InChI=1S/C25H32N4O4/c1-27-13-7-10-21(27)20-15-22(19-14-18(32-3)11-12-23(19)33-4)29(26-20)24(30)16-28(2)25(31)17-8-5-6-9-17/h7,10-14,17,22H,5-6,8-9,15-16H2,1-4H3/t22-/m0/s1. The summed E-state index contributed by atoms with van der Waals surface area (Å²) in [5, 5.41) is 6.25. The molecule has 176 valence electrons. The number of likely N-dealkylation sites (N-methyl/N-ethyl adjacent to an activating group) is 1. The molecule has 8 nitrogen and oxygen atoms in total. The Kier molecular flexibility index (Phi) is 6.72. The normalized spacial score (nSPS) is 18.4. The number of rotatable bonds is 7. The molecule has 2 heterocycles. The van der Waals surface area contributed by atoms with Gasteiger partial charge in [0.1, 0.15) is 18.0 Å². The smallest absolute Gasteiger partial charge is 0.262 e. The molecule has 0 radical (unpaired) electrons. The number of methoxy groups -OCH3 is 2. The second-order valence-corrected chi connectivity index (χ2v) is 8.79. The van der Waals surface area contributed by atoms with E-state index < -0.39 is 0 Å². The molecule has 0 unspecified atom stereocenters. The van der Waals surface area contributed by atoms with Crippen LogP contribution in [0.2, 0.25) is 0 Å². The van der Waals surface area contributed by atoms with Gasteiger partial charge in [0, 0.05) is 38.2 Å². The zero-order chi connectivity index (χ0) is 23.5. The second kappa shape index (κ2) is 9.68. The van der Waals surface area contributed by atoms with Gasteiger partial charge in [-0.15, -0.1) is 0 Å². The van der Waals surface area contributed by atoms with Crippen molar-refractivity contribution in [3.8, 4) is 11.5 Å². The summed E-state index contributed by atoms with van der Waals surface area (Å²) in [6, 6.07) is 9.15. The van der Waals surface area contributed by atoms with Crippen LogP contribution in [0.4, 0.5) is 0 Å². The molecule has 0 saturated heterocycles. The van der Waals surface area contributed by atoms with Gasteiger partial charge in [-0.3, -0.25) is 9.59 Å². The number of carbonyl (C=O) groups excluding carboxylic acids is 2. The number of hydrazone groups is 1. The summed E-state index contributed by atoms with van der Waals surface area (Å²) in [5.74, 6) is 1.19. The Morgan fingerprint density at radius 3 is 2.55 bits per heavy atom.